The maximum Gasteiger partial charge on any atom is 0.131 e. The summed E-state index contributed by atoms with van der Waals surface area (Å²) < 4.78 is 0. The van der Waals surface area contributed by atoms with Crippen LogP contribution in [0.4, 0.5) is 0 Å². The van der Waals surface area contributed by atoms with Gasteiger partial charge in [0.05, 0.1) is 0 Å². The molecule has 3 heteroatoms. The molecule has 0 aromatic carbocycles. The zero-order valence-electron chi connectivity index (χ0n) is 10.3. The number of carbonyl (C=O) groups is 1. The molecule has 0 radical (unpaired) electrons. The maximum atomic E-state index is 11.3. The molecule has 0 aromatic heterocycles. The highest BCUT2D eigenvalue weighted by atomic mass is 35.5. The third-order valence-electron chi connectivity index (χ3n) is 3.16. The van der Waals surface area contributed by atoms with Crippen LogP contribution in [0, 0.1) is 0 Å². The summed E-state index contributed by atoms with van der Waals surface area (Å²) in [5, 5.41) is 0. The maximum absolute atomic E-state index is 11.3. The Morgan fingerprint density at radius 2 is 2.12 bits per heavy atom. The van der Waals surface area contributed by atoms with Gasteiger partial charge >= 0.3 is 0 Å². The van der Waals surface area contributed by atoms with Crippen LogP contribution in [0.1, 0.15) is 46.0 Å². The monoisotopic (exact) mass is 243 g/mol. The fraction of sp³-hybridized carbons (Fsp3) is 0.769. The largest absolute Gasteiger partial charge is 0.300 e. The second-order valence-electron chi connectivity index (χ2n) is 4.84. The van der Waals surface area contributed by atoms with Gasteiger partial charge in [-0.25, -0.2) is 0 Å². The first-order chi connectivity index (χ1) is 7.63. The zero-order chi connectivity index (χ0) is 12.0. The summed E-state index contributed by atoms with van der Waals surface area (Å²) in [6.07, 6.45) is 5.61. The molecule has 1 fully saturated rings. The van der Waals surface area contributed by atoms with Crippen LogP contribution in [0.15, 0.2) is 11.1 Å². The van der Waals surface area contributed by atoms with Gasteiger partial charge in [-0.05, 0) is 38.8 Å². The molecule has 0 N–H and O–H groups in total. The zero-order valence-corrected chi connectivity index (χ0v) is 11.1. The third-order valence-corrected chi connectivity index (χ3v) is 3.53. The average molecular weight is 244 g/mol. The van der Waals surface area contributed by atoms with Crippen molar-refractivity contribution in [3.8, 4) is 0 Å². The molecular formula is C13H22ClNO. The first-order valence-electron chi connectivity index (χ1n) is 6.13. The summed E-state index contributed by atoms with van der Waals surface area (Å²) in [4.78, 5) is 13.7. The molecule has 1 aliphatic heterocycles. The molecule has 1 saturated heterocycles. The Balaban J connectivity index is 2.61. The number of hydrogen-bond acceptors (Lipinski definition) is 2. The molecule has 1 aliphatic rings. The smallest absolute Gasteiger partial charge is 0.131 e. The Hall–Kier alpha value is -0.340. The molecule has 0 aliphatic carbocycles. The number of hydrogen-bond donors (Lipinski definition) is 0. The van der Waals surface area contributed by atoms with Crippen molar-refractivity contribution in [3.05, 3.63) is 11.1 Å². The van der Waals surface area contributed by atoms with Crippen molar-refractivity contribution >= 4 is 17.4 Å². The normalized spacial score (nSPS) is 24.2. The highest BCUT2D eigenvalue weighted by molar-refractivity contribution is 6.25. The summed E-state index contributed by atoms with van der Waals surface area (Å²) in [5.41, 5.74) is 2.83. The molecule has 16 heavy (non-hydrogen) atoms. The lowest BCUT2D eigenvalue weighted by atomic mass is 10.0. The summed E-state index contributed by atoms with van der Waals surface area (Å²) in [5.74, 6) is 0.296. The Kier molecular flexibility index (Phi) is 6.07. The number of rotatable bonds is 4. The van der Waals surface area contributed by atoms with Crippen LogP contribution in [0.2, 0.25) is 0 Å². The second kappa shape index (κ2) is 7.08. The molecule has 1 heterocycles. The van der Waals surface area contributed by atoms with Crippen LogP contribution in [0.3, 0.4) is 0 Å². The molecule has 92 valence electrons. The van der Waals surface area contributed by atoms with Crippen LogP contribution >= 0.6 is 11.6 Å². The predicted molar refractivity (Wildman–Crippen MR) is 68.7 cm³/mol. The van der Waals surface area contributed by atoms with E-state index in [1.54, 1.807) is 12.5 Å². The van der Waals surface area contributed by atoms with Gasteiger partial charge in [0, 0.05) is 24.5 Å². The molecular weight excluding hydrogens is 222 g/mol. The Labute approximate surface area is 104 Å². The van der Waals surface area contributed by atoms with Gasteiger partial charge in [-0.3, -0.25) is 9.69 Å². The summed E-state index contributed by atoms with van der Waals surface area (Å²) in [6, 6.07) is 0.423. The molecule has 0 spiro atoms. The van der Waals surface area contributed by atoms with E-state index in [9.17, 15) is 4.79 Å². The predicted octanol–water partition coefficient (Wildman–Crippen LogP) is 3.35. The van der Waals surface area contributed by atoms with E-state index in [-0.39, 0.29) is 0 Å². The molecule has 0 aromatic rings. The van der Waals surface area contributed by atoms with E-state index in [4.69, 9.17) is 11.6 Å². The minimum Gasteiger partial charge on any atom is -0.300 e. The first-order valence-corrected chi connectivity index (χ1v) is 6.56. The molecule has 1 rings (SSSR count). The van der Waals surface area contributed by atoms with Crippen LogP contribution < -0.4 is 0 Å². The number of ketones is 1. The lowest BCUT2D eigenvalue weighted by Gasteiger charge is -2.29. The van der Waals surface area contributed by atoms with Gasteiger partial charge in [-0.15, -0.1) is 0 Å². The van der Waals surface area contributed by atoms with Crippen molar-refractivity contribution < 1.29 is 4.79 Å². The Morgan fingerprint density at radius 3 is 2.75 bits per heavy atom. The van der Waals surface area contributed by atoms with E-state index in [0.717, 1.165) is 19.5 Å². The van der Waals surface area contributed by atoms with Crippen molar-refractivity contribution in [1.29, 1.82) is 0 Å². The van der Waals surface area contributed by atoms with Gasteiger partial charge < -0.3 is 0 Å². The van der Waals surface area contributed by atoms with Crippen LogP contribution in [0.5, 0.6) is 0 Å². The average Bonchev–Trinajstić information content (AvgIpc) is 2.44. The van der Waals surface area contributed by atoms with Gasteiger partial charge in [0.15, 0.2) is 0 Å². The van der Waals surface area contributed by atoms with Crippen molar-refractivity contribution in [3.63, 3.8) is 0 Å². The van der Waals surface area contributed by atoms with E-state index in [1.807, 2.05) is 6.92 Å². The third kappa shape index (κ3) is 4.67. The topological polar surface area (TPSA) is 20.3 Å². The number of nitrogens with zero attached hydrogens (tertiary/aromatic N) is 1. The Morgan fingerprint density at radius 1 is 1.38 bits per heavy atom. The minimum atomic E-state index is 0.296. The lowest BCUT2D eigenvalue weighted by molar-refractivity contribution is -0.118. The summed E-state index contributed by atoms with van der Waals surface area (Å²) >= 11 is 5.71. The van der Waals surface area contributed by atoms with Crippen molar-refractivity contribution in [1.82, 2.24) is 4.90 Å². The summed E-state index contributed by atoms with van der Waals surface area (Å²) in [6.45, 7) is 5.73. The molecule has 0 saturated carbocycles. The number of likely N-dealkylation sites (tertiary alicyclic amines) is 1. The van der Waals surface area contributed by atoms with Crippen molar-refractivity contribution in [2.45, 2.75) is 52.0 Å². The van der Waals surface area contributed by atoms with Crippen LogP contribution in [-0.4, -0.2) is 29.8 Å². The summed E-state index contributed by atoms with van der Waals surface area (Å²) in [7, 11) is 0. The fourth-order valence-electron chi connectivity index (χ4n) is 2.36. The Bertz CT molecular complexity index is 263. The molecule has 1 atom stereocenters. The standard InChI is InChI=1S/C13H22ClNO/c1-11(9-14)10-15-7-5-3-4-6-13(15)8-12(2)16/h9,13H,3-8,10H2,1-2H3. The van der Waals surface area contributed by atoms with E-state index < -0.39 is 0 Å². The van der Waals surface area contributed by atoms with Crippen LogP contribution in [-0.2, 0) is 4.79 Å². The van der Waals surface area contributed by atoms with Crippen LogP contribution in [0.25, 0.3) is 0 Å². The first kappa shape index (κ1) is 13.7. The van der Waals surface area contributed by atoms with Gasteiger partial charge in [-0.1, -0.05) is 24.4 Å². The molecule has 2 nitrogen and oxygen atoms in total. The molecule has 0 bridgehead atoms. The van der Waals surface area contributed by atoms with Gasteiger partial charge in [-0.2, -0.15) is 0 Å². The second-order valence-corrected chi connectivity index (χ2v) is 5.05. The highest BCUT2D eigenvalue weighted by Gasteiger charge is 2.21. The van der Waals surface area contributed by atoms with Gasteiger partial charge in [0.1, 0.15) is 5.78 Å². The van der Waals surface area contributed by atoms with E-state index in [1.165, 1.54) is 24.8 Å². The van der Waals surface area contributed by atoms with Crippen molar-refractivity contribution in [2.24, 2.45) is 0 Å². The van der Waals surface area contributed by atoms with Crippen molar-refractivity contribution in [2.75, 3.05) is 13.1 Å². The molecule has 0 amide bonds. The van der Waals surface area contributed by atoms with Gasteiger partial charge in [0.25, 0.3) is 0 Å². The highest BCUT2D eigenvalue weighted by Crippen LogP contribution is 2.20. The van der Waals surface area contributed by atoms with Gasteiger partial charge in [0.2, 0.25) is 0 Å². The quantitative estimate of drug-likeness (QED) is 0.755. The molecule has 1 unspecified atom stereocenters. The minimum absolute atomic E-state index is 0.296. The van der Waals surface area contributed by atoms with E-state index >= 15 is 0 Å². The van der Waals surface area contributed by atoms with E-state index in [0.29, 0.717) is 18.2 Å². The number of halogens is 1. The number of carbonyl (C=O) groups excluding carboxylic acids is 1. The fourth-order valence-corrected chi connectivity index (χ4v) is 2.43. The lowest BCUT2D eigenvalue weighted by Crippen LogP contribution is -2.37. The SMILES string of the molecule is CC(=O)CC1CCCCCN1CC(C)=CCl. The number of Topliss-reactive ketones (excluding diaryl/α,β-unsaturated/α-hetero) is 1. The van der Waals surface area contributed by atoms with E-state index in [2.05, 4.69) is 4.90 Å².